The van der Waals surface area contributed by atoms with E-state index in [4.69, 9.17) is 10.8 Å². The van der Waals surface area contributed by atoms with Crippen molar-refractivity contribution in [1.82, 2.24) is 0 Å². The molecule has 0 atom stereocenters. The highest BCUT2D eigenvalue weighted by Crippen LogP contribution is 2.14. The number of anilines is 1. The highest BCUT2D eigenvalue weighted by Gasteiger charge is 1.97. The van der Waals surface area contributed by atoms with Crippen molar-refractivity contribution in [2.45, 2.75) is 12.8 Å². The number of aliphatic hydroxyl groups excluding tert-OH is 1. The Kier molecular flexibility index (Phi) is 5.49. The Labute approximate surface area is 89.5 Å². The van der Waals surface area contributed by atoms with Gasteiger partial charge in [0.2, 0.25) is 0 Å². The number of hydrogen-bond donors (Lipinski definition) is 2. The van der Waals surface area contributed by atoms with E-state index < -0.39 is 0 Å². The quantitative estimate of drug-likeness (QED) is 0.558. The number of thioether (sulfide) groups is 1. The first kappa shape index (κ1) is 11.4. The van der Waals surface area contributed by atoms with Crippen molar-refractivity contribution in [3.63, 3.8) is 0 Å². The molecule has 0 unspecified atom stereocenters. The van der Waals surface area contributed by atoms with Crippen LogP contribution >= 0.6 is 11.8 Å². The predicted molar refractivity (Wildman–Crippen MR) is 63.6 cm³/mol. The molecule has 1 aromatic carbocycles. The largest absolute Gasteiger partial charge is 0.399 e. The van der Waals surface area contributed by atoms with Crippen molar-refractivity contribution in [2.75, 3.05) is 23.8 Å². The second kappa shape index (κ2) is 6.74. The lowest BCUT2D eigenvalue weighted by atomic mass is 10.1. The standard InChI is InChI=1S/C11H17NOS/c12-11-5-2-1-4-10(11)6-9-14-8-3-7-13/h1-2,4-5,13H,3,6-9,12H2. The van der Waals surface area contributed by atoms with Crippen LogP contribution in [0, 0.1) is 0 Å². The summed E-state index contributed by atoms with van der Waals surface area (Å²) in [6.07, 6.45) is 1.90. The third-order valence-corrected chi connectivity index (χ3v) is 3.09. The maximum absolute atomic E-state index is 8.59. The molecule has 0 spiro atoms. The van der Waals surface area contributed by atoms with Gasteiger partial charge >= 0.3 is 0 Å². The van der Waals surface area contributed by atoms with Gasteiger partial charge in [0, 0.05) is 12.3 Å². The molecule has 3 N–H and O–H groups in total. The van der Waals surface area contributed by atoms with Crippen LogP contribution in [0.25, 0.3) is 0 Å². The molecule has 2 nitrogen and oxygen atoms in total. The molecule has 1 rings (SSSR count). The van der Waals surface area contributed by atoms with Crippen LogP contribution in [0.5, 0.6) is 0 Å². The number of aryl methyl sites for hydroxylation is 1. The number of rotatable bonds is 6. The number of aliphatic hydroxyl groups is 1. The Morgan fingerprint density at radius 3 is 2.71 bits per heavy atom. The van der Waals surface area contributed by atoms with Gasteiger partial charge in [-0.15, -0.1) is 0 Å². The van der Waals surface area contributed by atoms with Gasteiger partial charge in [-0.05, 0) is 36.0 Å². The van der Waals surface area contributed by atoms with Crippen molar-refractivity contribution in [1.29, 1.82) is 0 Å². The highest BCUT2D eigenvalue weighted by atomic mass is 32.2. The van der Waals surface area contributed by atoms with Gasteiger partial charge in [-0.2, -0.15) is 11.8 Å². The number of nitrogen functional groups attached to an aromatic ring is 1. The molecule has 0 radical (unpaired) electrons. The molecule has 0 fully saturated rings. The summed E-state index contributed by atoms with van der Waals surface area (Å²) >= 11 is 1.87. The average Bonchev–Trinajstić information content (AvgIpc) is 2.20. The Morgan fingerprint density at radius 1 is 1.21 bits per heavy atom. The van der Waals surface area contributed by atoms with Crippen molar-refractivity contribution < 1.29 is 5.11 Å². The Bertz CT molecular complexity index is 265. The summed E-state index contributed by atoms with van der Waals surface area (Å²) in [5, 5.41) is 8.59. The van der Waals surface area contributed by atoms with E-state index in [-0.39, 0.29) is 0 Å². The summed E-state index contributed by atoms with van der Waals surface area (Å²) in [5.74, 6) is 2.11. The fourth-order valence-electron chi connectivity index (χ4n) is 1.21. The zero-order chi connectivity index (χ0) is 10.2. The summed E-state index contributed by atoms with van der Waals surface area (Å²) in [7, 11) is 0. The van der Waals surface area contributed by atoms with Crippen LogP contribution in [0.1, 0.15) is 12.0 Å². The van der Waals surface area contributed by atoms with E-state index in [9.17, 15) is 0 Å². The molecule has 0 amide bonds. The van der Waals surface area contributed by atoms with Gasteiger partial charge < -0.3 is 10.8 Å². The second-order valence-electron chi connectivity index (χ2n) is 3.14. The minimum Gasteiger partial charge on any atom is -0.399 e. The number of nitrogens with two attached hydrogens (primary N) is 1. The molecule has 0 aliphatic carbocycles. The van der Waals surface area contributed by atoms with E-state index in [2.05, 4.69) is 6.07 Å². The normalized spacial score (nSPS) is 10.4. The van der Waals surface area contributed by atoms with E-state index >= 15 is 0 Å². The topological polar surface area (TPSA) is 46.2 Å². The summed E-state index contributed by atoms with van der Waals surface area (Å²) in [6.45, 7) is 0.292. The van der Waals surface area contributed by atoms with Gasteiger partial charge in [0.1, 0.15) is 0 Å². The van der Waals surface area contributed by atoms with Crippen LogP contribution in [0.3, 0.4) is 0 Å². The molecule has 0 aliphatic heterocycles. The lowest BCUT2D eigenvalue weighted by Crippen LogP contribution is -1.96. The van der Waals surface area contributed by atoms with E-state index in [1.807, 2.05) is 30.0 Å². The molecule has 1 aromatic rings. The third kappa shape index (κ3) is 4.03. The van der Waals surface area contributed by atoms with Crippen molar-refractivity contribution in [3.05, 3.63) is 29.8 Å². The van der Waals surface area contributed by atoms with Gasteiger partial charge in [-0.25, -0.2) is 0 Å². The van der Waals surface area contributed by atoms with Gasteiger partial charge in [0.25, 0.3) is 0 Å². The summed E-state index contributed by atoms with van der Waals surface area (Å²) in [4.78, 5) is 0. The lowest BCUT2D eigenvalue weighted by Gasteiger charge is -2.04. The molecule has 0 heterocycles. The molecular weight excluding hydrogens is 194 g/mol. The van der Waals surface area contributed by atoms with E-state index in [0.29, 0.717) is 6.61 Å². The van der Waals surface area contributed by atoms with Gasteiger partial charge in [0.15, 0.2) is 0 Å². The Morgan fingerprint density at radius 2 is 2.00 bits per heavy atom. The number of hydrogen-bond acceptors (Lipinski definition) is 3. The van der Waals surface area contributed by atoms with Crippen LogP contribution in [0.15, 0.2) is 24.3 Å². The first-order chi connectivity index (χ1) is 6.84. The first-order valence-electron chi connectivity index (χ1n) is 4.86. The fraction of sp³-hybridized carbons (Fsp3) is 0.455. The molecule has 0 aliphatic rings. The van der Waals surface area contributed by atoms with Crippen LogP contribution in [0.4, 0.5) is 5.69 Å². The molecule has 3 heteroatoms. The zero-order valence-corrected chi connectivity index (χ0v) is 9.09. The van der Waals surface area contributed by atoms with Crippen molar-refractivity contribution in [2.24, 2.45) is 0 Å². The van der Waals surface area contributed by atoms with E-state index in [1.165, 1.54) is 5.56 Å². The van der Waals surface area contributed by atoms with Crippen molar-refractivity contribution in [3.8, 4) is 0 Å². The maximum atomic E-state index is 8.59. The van der Waals surface area contributed by atoms with Crippen LogP contribution in [-0.4, -0.2) is 23.2 Å². The lowest BCUT2D eigenvalue weighted by molar-refractivity contribution is 0.296. The van der Waals surface area contributed by atoms with Crippen LogP contribution in [0.2, 0.25) is 0 Å². The van der Waals surface area contributed by atoms with E-state index in [1.54, 1.807) is 0 Å². The molecular formula is C11H17NOS. The zero-order valence-electron chi connectivity index (χ0n) is 8.28. The van der Waals surface area contributed by atoms with Crippen molar-refractivity contribution >= 4 is 17.4 Å². The maximum Gasteiger partial charge on any atom is 0.0438 e. The number of para-hydroxylation sites is 1. The van der Waals surface area contributed by atoms with Crippen LogP contribution in [-0.2, 0) is 6.42 Å². The first-order valence-corrected chi connectivity index (χ1v) is 6.02. The molecule has 0 aromatic heterocycles. The highest BCUT2D eigenvalue weighted by molar-refractivity contribution is 7.99. The Hall–Kier alpha value is -0.670. The minimum absolute atomic E-state index is 0.292. The predicted octanol–water partition coefficient (Wildman–Crippen LogP) is 1.93. The average molecular weight is 211 g/mol. The summed E-state index contributed by atoms with van der Waals surface area (Å²) in [5.41, 5.74) is 7.92. The monoisotopic (exact) mass is 211 g/mol. The molecule has 0 saturated carbocycles. The van der Waals surface area contributed by atoms with Gasteiger partial charge in [-0.1, -0.05) is 18.2 Å². The Balaban J connectivity index is 2.21. The molecule has 0 saturated heterocycles. The van der Waals surface area contributed by atoms with Gasteiger partial charge in [-0.3, -0.25) is 0 Å². The molecule has 0 bridgehead atoms. The fourth-order valence-corrected chi connectivity index (χ4v) is 2.11. The molecule has 78 valence electrons. The molecule has 14 heavy (non-hydrogen) atoms. The van der Waals surface area contributed by atoms with Gasteiger partial charge in [0.05, 0.1) is 0 Å². The SMILES string of the molecule is Nc1ccccc1CCSCCCO. The number of benzene rings is 1. The minimum atomic E-state index is 0.292. The van der Waals surface area contributed by atoms with Crippen LogP contribution < -0.4 is 5.73 Å². The second-order valence-corrected chi connectivity index (χ2v) is 4.36. The summed E-state index contributed by atoms with van der Waals surface area (Å²) in [6, 6.07) is 7.98. The third-order valence-electron chi connectivity index (χ3n) is 2.02. The smallest absolute Gasteiger partial charge is 0.0438 e. The van der Waals surface area contributed by atoms with E-state index in [0.717, 1.165) is 30.0 Å². The summed E-state index contributed by atoms with van der Waals surface area (Å²) < 4.78 is 0.